The molecule has 6 nitrogen and oxygen atoms in total. The molecular weight excluding hydrogens is 414 g/mol. The van der Waals surface area contributed by atoms with Crippen LogP contribution in [0.15, 0.2) is 58.5 Å². The van der Waals surface area contributed by atoms with Crippen molar-refractivity contribution in [1.82, 2.24) is 5.32 Å². The van der Waals surface area contributed by atoms with Gasteiger partial charge in [0.05, 0.1) is 6.10 Å². The van der Waals surface area contributed by atoms with Gasteiger partial charge in [-0.3, -0.25) is 4.79 Å². The van der Waals surface area contributed by atoms with E-state index in [1.54, 1.807) is 13.0 Å². The van der Waals surface area contributed by atoms with Crippen LogP contribution in [-0.2, 0) is 4.79 Å². The van der Waals surface area contributed by atoms with Gasteiger partial charge in [-0.15, -0.1) is 0 Å². The van der Waals surface area contributed by atoms with Gasteiger partial charge < -0.3 is 19.7 Å². The zero-order valence-electron chi connectivity index (χ0n) is 19.7. The van der Waals surface area contributed by atoms with Crippen molar-refractivity contribution in [2.24, 2.45) is 0 Å². The van der Waals surface area contributed by atoms with E-state index in [1.165, 1.54) is 5.69 Å². The molecule has 0 saturated carbocycles. The van der Waals surface area contributed by atoms with E-state index in [-0.39, 0.29) is 12.1 Å². The van der Waals surface area contributed by atoms with Crippen molar-refractivity contribution in [3.63, 3.8) is 0 Å². The van der Waals surface area contributed by atoms with Crippen molar-refractivity contribution < 1.29 is 14.3 Å². The van der Waals surface area contributed by atoms with Gasteiger partial charge in [0.25, 0.3) is 5.91 Å². The van der Waals surface area contributed by atoms with E-state index >= 15 is 0 Å². The summed E-state index contributed by atoms with van der Waals surface area (Å²) in [6, 6.07) is 18.2. The van der Waals surface area contributed by atoms with Crippen LogP contribution in [0.3, 0.4) is 0 Å². The molecule has 1 atom stereocenters. The number of amides is 1. The van der Waals surface area contributed by atoms with Crippen molar-refractivity contribution in [3.05, 3.63) is 59.9 Å². The van der Waals surface area contributed by atoms with Crippen LogP contribution in [0.4, 0.5) is 5.69 Å². The van der Waals surface area contributed by atoms with Gasteiger partial charge >= 0.3 is 0 Å². The highest BCUT2D eigenvalue weighted by Crippen LogP contribution is 2.31. The van der Waals surface area contributed by atoms with Gasteiger partial charge in [0.15, 0.2) is 0 Å². The first-order chi connectivity index (χ1) is 15.9. The van der Waals surface area contributed by atoms with E-state index in [0.29, 0.717) is 23.5 Å². The summed E-state index contributed by atoms with van der Waals surface area (Å²) in [5.41, 5.74) is 2.56. The molecule has 0 radical (unpaired) electrons. The number of nitriles is 1. The summed E-state index contributed by atoms with van der Waals surface area (Å²) in [7, 11) is 0. The molecule has 2 N–H and O–H groups in total. The Morgan fingerprint density at radius 3 is 2.45 bits per heavy atom. The predicted molar refractivity (Wildman–Crippen MR) is 133 cm³/mol. The van der Waals surface area contributed by atoms with E-state index in [1.807, 2.05) is 25.1 Å². The van der Waals surface area contributed by atoms with Crippen LogP contribution in [-0.4, -0.2) is 36.8 Å². The number of fused-ring (bicyclic) bond motifs is 1. The molecule has 2 aromatic carbocycles. The molecule has 33 heavy (non-hydrogen) atoms. The lowest BCUT2D eigenvalue weighted by molar-refractivity contribution is -0.117. The number of hydrogen-bond donors (Lipinski definition) is 2. The number of rotatable bonds is 9. The number of benzene rings is 2. The summed E-state index contributed by atoms with van der Waals surface area (Å²) in [4.78, 5) is 14.7. The molecule has 1 aromatic heterocycles. The molecule has 0 saturated heterocycles. The number of carbonyl (C=O) groups excluding carboxylic acids is 1. The van der Waals surface area contributed by atoms with Crippen LogP contribution >= 0.6 is 0 Å². The topological polar surface area (TPSA) is 89.5 Å². The minimum absolute atomic E-state index is 0.0263. The first-order valence-corrected chi connectivity index (χ1v) is 11.4. The summed E-state index contributed by atoms with van der Waals surface area (Å²) < 4.78 is 6.01. The summed E-state index contributed by atoms with van der Waals surface area (Å²) in [6.45, 7) is 9.84. The molecule has 0 bridgehead atoms. The first-order valence-electron chi connectivity index (χ1n) is 11.4. The number of nitrogens with one attached hydrogen (secondary N) is 1. The second-order valence-electron chi connectivity index (χ2n) is 7.97. The monoisotopic (exact) mass is 445 g/mol. The van der Waals surface area contributed by atoms with Gasteiger partial charge in [0, 0.05) is 36.5 Å². The zero-order valence-corrected chi connectivity index (χ0v) is 19.7. The SMILES string of the molecule is CCC(O)CNC(=O)/C(C#N)=C(\C)c1ccc(-c2ccc3cc(N(CC)CC)ccc3c2)o1. The van der Waals surface area contributed by atoms with Gasteiger partial charge in [0.1, 0.15) is 23.2 Å². The van der Waals surface area contributed by atoms with Crippen molar-refractivity contribution in [1.29, 1.82) is 5.26 Å². The standard InChI is InChI=1S/C27H31N3O3/c1-5-23(31)17-29-27(32)24(16-28)18(4)25-12-13-26(33-25)21-9-8-20-15-22(30(6-2)7-3)11-10-19(20)14-21/h8-15,23,31H,5-7,17H2,1-4H3,(H,29,32)/b24-18+. The summed E-state index contributed by atoms with van der Waals surface area (Å²) in [5.74, 6) is 0.609. The highest BCUT2D eigenvalue weighted by Gasteiger charge is 2.17. The third-order valence-corrected chi connectivity index (χ3v) is 5.90. The Hall–Kier alpha value is -3.56. The lowest BCUT2D eigenvalue weighted by Crippen LogP contribution is -2.32. The molecule has 3 rings (SSSR count). The van der Waals surface area contributed by atoms with Gasteiger partial charge in [-0.1, -0.05) is 25.1 Å². The second kappa shape index (κ2) is 10.8. The highest BCUT2D eigenvalue weighted by molar-refractivity contribution is 6.04. The maximum absolute atomic E-state index is 12.4. The fourth-order valence-electron chi connectivity index (χ4n) is 3.74. The van der Waals surface area contributed by atoms with Crippen molar-refractivity contribution in [2.75, 3.05) is 24.5 Å². The van der Waals surface area contributed by atoms with Gasteiger partial charge in [-0.2, -0.15) is 5.26 Å². The Morgan fingerprint density at radius 1 is 1.09 bits per heavy atom. The fraction of sp³-hybridized carbons (Fsp3) is 0.333. The highest BCUT2D eigenvalue weighted by atomic mass is 16.3. The Bertz CT molecular complexity index is 1200. The molecular formula is C27H31N3O3. The van der Waals surface area contributed by atoms with Crippen LogP contribution in [0.2, 0.25) is 0 Å². The van der Waals surface area contributed by atoms with Gasteiger partial charge in [-0.05, 0) is 68.3 Å². The number of nitrogens with zero attached hydrogens (tertiary/aromatic N) is 2. The third-order valence-electron chi connectivity index (χ3n) is 5.90. The minimum Gasteiger partial charge on any atom is -0.456 e. The third kappa shape index (κ3) is 5.44. The van der Waals surface area contributed by atoms with E-state index in [2.05, 4.69) is 54.4 Å². The molecule has 0 aliphatic carbocycles. The summed E-state index contributed by atoms with van der Waals surface area (Å²) in [5, 5.41) is 24.0. The minimum atomic E-state index is -0.639. The Labute approximate surface area is 195 Å². The van der Waals surface area contributed by atoms with Crippen molar-refractivity contribution >= 4 is 27.9 Å². The number of carbonyl (C=O) groups is 1. The van der Waals surface area contributed by atoms with Crippen LogP contribution < -0.4 is 10.2 Å². The average Bonchev–Trinajstić information content (AvgIpc) is 3.33. The molecule has 1 unspecified atom stereocenters. The Morgan fingerprint density at radius 2 is 1.79 bits per heavy atom. The maximum atomic E-state index is 12.4. The van der Waals surface area contributed by atoms with E-state index in [9.17, 15) is 15.2 Å². The van der Waals surface area contributed by atoms with Crippen LogP contribution in [0.25, 0.3) is 27.7 Å². The summed E-state index contributed by atoms with van der Waals surface area (Å²) >= 11 is 0. The largest absolute Gasteiger partial charge is 0.456 e. The van der Waals surface area contributed by atoms with E-state index < -0.39 is 12.0 Å². The van der Waals surface area contributed by atoms with Gasteiger partial charge in [-0.25, -0.2) is 0 Å². The molecule has 172 valence electrons. The van der Waals surface area contributed by atoms with E-state index in [0.717, 1.165) is 29.4 Å². The first kappa shape index (κ1) is 24.1. The number of aliphatic hydroxyl groups excluding tert-OH is 1. The lowest BCUT2D eigenvalue weighted by atomic mass is 10.0. The number of hydrogen-bond acceptors (Lipinski definition) is 5. The number of allylic oxidation sites excluding steroid dienone is 1. The number of furan rings is 1. The Kier molecular flexibility index (Phi) is 7.92. The second-order valence-corrected chi connectivity index (χ2v) is 7.97. The van der Waals surface area contributed by atoms with Crippen LogP contribution in [0.5, 0.6) is 0 Å². The maximum Gasteiger partial charge on any atom is 0.262 e. The molecule has 0 fully saturated rings. The van der Waals surface area contributed by atoms with Crippen molar-refractivity contribution in [3.8, 4) is 17.4 Å². The normalized spacial score (nSPS) is 12.7. The smallest absolute Gasteiger partial charge is 0.262 e. The molecule has 3 aromatic rings. The van der Waals surface area contributed by atoms with Gasteiger partial charge in [0.2, 0.25) is 0 Å². The molecule has 0 aliphatic rings. The fourth-order valence-corrected chi connectivity index (χ4v) is 3.74. The molecule has 6 heteroatoms. The quantitative estimate of drug-likeness (QED) is 0.352. The van der Waals surface area contributed by atoms with Crippen LogP contribution in [0.1, 0.15) is 39.9 Å². The molecule has 0 spiro atoms. The number of aliphatic hydroxyl groups is 1. The van der Waals surface area contributed by atoms with Crippen molar-refractivity contribution in [2.45, 2.75) is 40.2 Å². The number of anilines is 1. The molecule has 1 amide bonds. The molecule has 1 heterocycles. The summed E-state index contributed by atoms with van der Waals surface area (Å²) in [6.07, 6.45) is -0.116. The zero-order chi connectivity index (χ0) is 24.0. The lowest BCUT2D eigenvalue weighted by Gasteiger charge is -2.21. The molecule has 0 aliphatic heterocycles. The van der Waals surface area contributed by atoms with Crippen LogP contribution in [0, 0.1) is 11.3 Å². The van der Waals surface area contributed by atoms with E-state index in [4.69, 9.17) is 4.42 Å². The Balaban J connectivity index is 1.86. The average molecular weight is 446 g/mol. The predicted octanol–water partition coefficient (Wildman–Crippen LogP) is 5.13.